The molecule has 0 fully saturated rings. The van der Waals surface area contributed by atoms with Crippen LogP contribution in [-0.2, 0) is 14.8 Å². The van der Waals surface area contributed by atoms with Crippen LogP contribution in [0.25, 0.3) is 0 Å². The average Bonchev–Trinajstić information content (AvgIpc) is 2.21. The highest BCUT2D eigenvalue weighted by Gasteiger charge is 2.16. The maximum atomic E-state index is 11.1. The summed E-state index contributed by atoms with van der Waals surface area (Å²) in [6, 6.07) is 2.10. The lowest BCUT2D eigenvalue weighted by Crippen LogP contribution is -2.17. The summed E-state index contributed by atoms with van der Waals surface area (Å²) in [5.74, 6) is -0.725. The number of halogens is 2. The Balaban J connectivity index is 3.25. The van der Waals surface area contributed by atoms with E-state index < -0.39 is 22.5 Å². The highest BCUT2D eigenvalue weighted by atomic mass is 35.5. The summed E-state index contributed by atoms with van der Waals surface area (Å²) < 4.78 is 22.1. The average molecular weight is 299 g/mol. The van der Waals surface area contributed by atoms with Crippen molar-refractivity contribution in [3.8, 4) is 0 Å². The Labute approximate surface area is 107 Å². The molecule has 1 amide bonds. The van der Waals surface area contributed by atoms with Gasteiger partial charge < -0.3 is 10.4 Å². The third-order valence-corrected chi connectivity index (χ3v) is 3.24. The molecular formula is C8H8Cl2N2O4S. The summed E-state index contributed by atoms with van der Waals surface area (Å²) in [5, 5.41) is 15.5. The van der Waals surface area contributed by atoms with Crippen molar-refractivity contribution in [2.24, 2.45) is 5.14 Å². The minimum absolute atomic E-state index is 0.0137. The van der Waals surface area contributed by atoms with Gasteiger partial charge in [0.25, 0.3) is 0 Å². The summed E-state index contributed by atoms with van der Waals surface area (Å²) in [7, 11) is -3.93. The molecule has 0 aliphatic rings. The van der Waals surface area contributed by atoms with Crippen LogP contribution in [0.1, 0.15) is 0 Å². The van der Waals surface area contributed by atoms with Crippen molar-refractivity contribution < 1.29 is 18.3 Å². The number of nitrogens with one attached hydrogen (secondary N) is 1. The van der Waals surface area contributed by atoms with E-state index in [2.05, 4.69) is 5.32 Å². The van der Waals surface area contributed by atoms with Gasteiger partial charge >= 0.3 is 0 Å². The smallest absolute Gasteiger partial charge is 0.250 e. The molecule has 17 heavy (non-hydrogen) atoms. The first-order chi connectivity index (χ1) is 7.75. The number of amides is 1. The number of aliphatic hydroxyl groups is 1. The molecule has 0 aromatic heterocycles. The van der Waals surface area contributed by atoms with Crippen molar-refractivity contribution in [1.82, 2.24) is 0 Å². The molecule has 0 saturated carbocycles. The van der Waals surface area contributed by atoms with Gasteiger partial charge in [-0.2, -0.15) is 0 Å². The number of rotatable bonds is 3. The normalized spacial score (nSPS) is 11.3. The lowest BCUT2D eigenvalue weighted by Gasteiger charge is -2.09. The van der Waals surface area contributed by atoms with Crippen molar-refractivity contribution in [1.29, 1.82) is 0 Å². The molecule has 0 saturated heterocycles. The number of anilines is 1. The molecule has 0 unspecified atom stereocenters. The first-order valence-electron chi connectivity index (χ1n) is 4.18. The van der Waals surface area contributed by atoms with Gasteiger partial charge in [-0.3, -0.25) is 4.79 Å². The third-order valence-electron chi connectivity index (χ3n) is 1.75. The van der Waals surface area contributed by atoms with E-state index in [-0.39, 0.29) is 20.6 Å². The highest BCUT2D eigenvalue weighted by molar-refractivity contribution is 7.89. The van der Waals surface area contributed by atoms with E-state index in [9.17, 15) is 13.2 Å². The van der Waals surface area contributed by atoms with E-state index >= 15 is 0 Å². The van der Waals surface area contributed by atoms with Gasteiger partial charge in [-0.1, -0.05) is 23.2 Å². The van der Waals surface area contributed by atoms with Crippen LogP contribution in [-0.4, -0.2) is 26.0 Å². The number of nitrogens with two attached hydrogens (primary N) is 1. The first kappa shape index (κ1) is 14.2. The molecule has 0 radical (unpaired) electrons. The zero-order chi connectivity index (χ0) is 13.2. The van der Waals surface area contributed by atoms with Gasteiger partial charge in [0.05, 0.1) is 20.6 Å². The van der Waals surface area contributed by atoms with Crippen LogP contribution in [0.5, 0.6) is 0 Å². The number of sulfonamides is 1. The van der Waals surface area contributed by atoms with Crippen LogP contribution in [0.2, 0.25) is 10.0 Å². The molecule has 0 atom stereocenters. The predicted molar refractivity (Wildman–Crippen MR) is 63.6 cm³/mol. The number of carbonyl (C=O) groups excluding carboxylic acids is 1. The molecule has 1 aromatic rings. The van der Waals surface area contributed by atoms with E-state index in [0.29, 0.717) is 0 Å². The largest absolute Gasteiger partial charge is 0.387 e. The van der Waals surface area contributed by atoms with Gasteiger partial charge in [0.2, 0.25) is 15.9 Å². The molecule has 0 spiro atoms. The molecule has 0 aliphatic carbocycles. The summed E-state index contributed by atoms with van der Waals surface area (Å²) in [5.41, 5.74) is 0.0137. The molecule has 0 aliphatic heterocycles. The molecule has 1 aromatic carbocycles. The molecule has 94 valence electrons. The number of aliphatic hydroxyl groups excluding tert-OH is 1. The van der Waals surface area contributed by atoms with E-state index in [1.807, 2.05) is 0 Å². The topological polar surface area (TPSA) is 109 Å². The van der Waals surface area contributed by atoms with Crippen LogP contribution in [0, 0.1) is 0 Å². The SMILES string of the molecule is NS(=O)(=O)c1cc(Cl)c(NC(=O)CO)c(Cl)c1. The lowest BCUT2D eigenvalue weighted by atomic mass is 10.3. The van der Waals surface area contributed by atoms with Crippen LogP contribution >= 0.6 is 23.2 Å². The fourth-order valence-corrected chi connectivity index (χ4v) is 2.29. The monoisotopic (exact) mass is 298 g/mol. The summed E-state index contributed by atoms with van der Waals surface area (Å²) in [6.45, 7) is -0.746. The van der Waals surface area contributed by atoms with Crippen molar-refractivity contribution in [3.05, 3.63) is 22.2 Å². The Kier molecular flexibility index (Phi) is 4.34. The van der Waals surface area contributed by atoms with E-state index in [1.165, 1.54) is 0 Å². The van der Waals surface area contributed by atoms with Crippen molar-refractivity contribution in [3.63, 3.8) is 0 Å². The Morgan fingerprint density at radius 2 is 1.82 bits per heavy atom. The van der Waals surface area contributed by atoms with Crippen LogP contribution in [0.15, 0.2) is 17.0 Å². The summed E-state index contributed by atoms with van der Waals surface area (Å²) >= 11 is 11.5. The van der Waals surface area contributed by atoms with Crippen LogP contribution in [0.3, 0.4) is 0 Å². The van der Waals surface area contributed by atoms with Gasteiger partial charge in [-0.25, -0.2) is 13.6 Å². The molecule has 9 heteroatoms. The third kappa shape index (κ3) is 3.55. The van der Waals surface area contributed by atoms with Gasteiger partial charge in [0.1, 0.15) is 6.61 Å². The van der Waals surface area contributed by atoms with E-state index in [4.69, 9.17) is 33.4 Å². The molecule has 6 nitrogen and oxygen atoms in total. The Morgan fingerprint density at radius 3 is 2.18 bits per heavy atom. The highest BCUT2D eigenvalue weighted by Crippen LogP contribution is 2.32. The second-order valence-corrected chi connectivity index (χ2v) is 5.39. The Hall–Kier alpha value is -0.860. The molecule has 0 heterocycles. The number of primary sulfonamides is 1. The van der Waals surface area contributed by atoms with Crippen molar-refractivity contribution in [2.75, 3.05) is 11.9 Å². The minimum Gasteiger partial charge on any atom is -0.387 e. The van der Waals surface area contributed by atoms with Gasteiger partial charge in [-0.05, 0) is 12.1 Å². The standard InChI is InChI=1S/C8H8Cl2N2O4S/c9-5-1-4(17(11,15)16)2-6(10)8(5)12-7(14)3-13/h1-2,13H,3H2,(H,12,14)(H2,11,15,16). The van der Waals surface area contributed by atoms with E-state index in [1.54, 1.807) is 0 Å². The Morgan fingerprint density at radius 1 is 1.35 bits per heavy atom. The second-order valence-electron chi connectivity index (χ2n) is 3.01. The maximum Gasteiger partial charge on any atom is 0.250 e. The summed E-state index contributed by atoms with van der Waals surface area (Å²) in [6.07, 6.45) is 0. The quantitative estimate of drug-likeness (QED) is 0.758. The van der Waals surface area contributed by atoms with E-state index in [0.717, 1.165) is 12.1 Å². The first-order valence-corrected chi connectivity index (χ1v) is 6.48. The lowest BCUT2D eigenvalue weighted by molar-refractivity contribution is -0.118. The predicted octanol–water partition coefficient (Wildman–Crippen LogP) is 0.572. The van der Waals surface area contributed by atoms with Gasteiger partial charge in [-0.15, -0.1) is 0 Å². The zero-order valence-corrected chi connectivity index (χ0v) is 10.6. The minimum atomic E-state index is -3.93. The fraction of sp³-hybridized carbons (Fsp3) is 0.125. The number of hydrogen-bond donors (Lipinski definition) is 3. The van der Waals surface area contributed by atoms with Crippen molar-refractivity contribution >= 4 is 44.8 Å². The van der Waals surface area contributed by atoms with Gasteiger partial charge in [0.15, 0.2) is 0 Å². The van der Waals surface area contributed by atoms with Crippen LogP contribution < -0.4 is 10.5 Å². The fourth-order valence-electron chi connectivity index (χ4n) is 1.01. The van der Waals surface area contributed by atoms with Crippen molar-refractivity contribution in [2.45, 2.75) is 4.90 Å². The molecular weight excluding hydrogens is 291 g/mol. The molecule has 0 bridgehead atoms. The van der Waals surface area contributed by atoms with Gasteiger partial charge in [0, 0.05) is 0 Å². The number of carbonyl (C=O) groups is 1. The van der Waals surface area contributed by atoms with Crippen LogP contribution in [0.4, 0.5) is 5.69 Å². The second kappa shape index (κ2) is 5.19. The number of benzene rings is 1. The maximum absolute atomic E-state index is 11.1. The number of hydrogen-bond acceptors (Lipinski definition) is 4. The summed E-state index contributed by atoms with van der Waals surface area (Å²) in [4.78, 5) is 10.7. The molecule has 1 rings (SSSR count). The Bertz CT molecular complexity index is 536. The zero-order valence-electron chi connectivity index (χ0n) is 8.28. The molecule has 4 N–H and O–H groups in total.